The fraction of sp³-hybridized carbons (Fsp3) is 0.552. The Morgan fingerprint density at radius 1 is 1.26 bits per heavy atom. The van der Waals surface area contributed by atoms with Gasteiger partial charge in [-0.25, -0.2) is 8.78 Å². The predicted octanol–water partition coefficient (Wildman–Crippen LogP) is 4.76. The van der Waals surface area contributed by atoms with Crippen LogP contribution in [-0.4, -0.2) is 53.2 Å². The summed E-state index contributed by atoms with van der Waals surface area (Å²) in [5.41, 5.74) is -4.35. The van der Waals surface area contributed by atoms with Crippen molar-refractivity contribution in [3.8, 4) is 6.07 Å². The van der Waals surface area contributed by atoms with Crippen molar-refractivity contribution in [3.63, 3.8) is 0 Å². The minimum atomic E-state index is -2.28. The molecule has 0 spiro atoms. The summed E-state index contributed by atoms with van der Waals surface area (Å²) >= 11 is 5.97. The molecule has 1 aromatic carbocycles. The Hall–Kier alpha value is -2.80. The first-order chi connectivity index (χ1) is 18.4. The van der Waals surface area contributed by atoms with Crippen molar-refractivity contribution in [2.75, 3.05) is 18.2 Å². The van der Waals surface area contributed by atoms with E-state index in [0.29, 0.717) is 10.7 Å². The molecule has 0 amide bonds. The minimum Gasteiger partial charge on any atom is -0.450 e. The van der Waals surface area contributed by atoms with Gasteiger partial charge in [0.2, 0.25) is 0 Å². The number of hydroxylamine groups is 1. The fourth-order valence-corrected chi connectivity index (χ4v) is 8.29. The summed E-state index contributed by atoms with van der Waals surface area (Å²) in [5.74, 6) is -4.04. The molecule has 9 atom stereocenters. The molecule has 2 N–H and O–H groups in total. The second-order valence-electron chi connectivity index (χ2n) is 11.7. The summed E-state index contributed by atoms with van der Waals surface area (Å²) in [6.07, 6.45) is 0.475. The molecule has 7 nitrogen and oxygen atoms in total. The topological polar surface area (TPSA) is 111 Å². The van der Waals surface area contributed by atoms with Crippen LogP contribution in [0.15, 0.2) is 48.1 Å². The molecule has 4 aliphatic carbocycles. The van der Waals surface area contributed by atoms with Gasteiger partial charge in [0.05, 0.1) is 17.7 Å². The van der Waals surface area contributed by atoms with Gasteiger partial charge in [-0.2, -0.15) is 5.26 Å². The number of nitrogens with zero attached hydrogens (tertiary/aromatic N) is 2. The second kappa shape index (κ2) is 9.69. The molecular weight excluding hydrogens is 530 g/mol. The summed E-state index contributed by atoms with van der Waals surface area (Å²) in [7, 11) is 0. The number of anilines is 1. The normalized spacial score (nSPS) is 40.6. The molecule has 39 heavy (non-hydrogen) atoms. The number of ether oxygens (including phenoxy) is 1. The quantitative estimate of drug-likeness (QED) is 0.394. The lowest BCUT2D eigenvalue weighted by Crippen LogP contribution is -2.68. The Labute approximate surface area is 230 Å². The Bertz CT molecular complexity index is 1280. The van der Waals surface area contributed by atoms with Crippen LogP contribution < -0.4 is 5.06 Å². The van der Waals surface area contributed by atoms with E-state index < -0.39 is 70.8 Å². The van der Waals surface area contributed by atoms with E-state index in [1.807, 2.05) is 0 Å². The van der Waals surface area contributed by atoms with Crippen molar-refractivity contribution >= 4 is 29.0 Å². The number of esters is 1. The summed E-state index contributed by atoms with van der Waals surface area (Å²) < 4.78 is 38.3. The van der Waals surface area contributed by atoms with Gasteiger partial charge in [0.25, 0.3) is 0 Å². The highest BCUT2D eigenvalue weighted by Crippen LogP contribution is 2.70. The van der Waals surface area contributed by atoms with Gasteiger partial charge in [0.15, 0.2) is 18.1 Å². The molecule has 4 aliphatic rings. The Kier molecular flexibility index (Phi) is 6.89. The number of benzene rings is 1. The van der Waals surface area contributed by atoms with Crippen LogP contribution in [0.25, 0.3) is 0 Å². The lowest BCUT2D eigenvalue weighted by molar-refractivity contribution is -0.205. The average Bonchev–Trinajstić information content (AvgIpc) is 3.17. The molecule has 0 aliphatic heterocycles. The van der Waals surface area contributed by atoms with Crippen LogP contribution in [0.4, 0.5) is 14.5 Å². The van der Waals surface area contributed by atoms with E-state index in [2.05, 4.69) is 0 Å². The summed E-state index contributed by atoms with van der Waals surface area (Å²) in [5, 5.41) is 32.8. The van der Waals surface area contributed by atoms with Gasteiger partial charge in [-0.05, 0) is 85.4 Å². The van der Waals surface area contributed by atoms with E-state index in [9.17, 15) is 19.9 Å². The standard InChI is InChI=1S/C29H31ClF2N2O5/c1-27-14-24(36)29(32)21(13-23(31)22-12-19(35)7-8-28(22,29)2)20(27)11-16(25(27)26(37)39-10-9-33)15-34(38)18-5-3-17(30)4-6-18/h3-8,12,16,20-21,23-25,36,38H,10-11,13-15H2,1-2H3/t16-,20?,21-,23-,24-,25+,27-,28-,29-/m0/s1. The predicted molar refractivity (Wildman–Crippen MR) is 138 cm³/mol. The number of hydrogen-bond acceptors (Lipinski definition) is 7. The van der Waals surface area contributed by atoms with Crippen molar-refractivity contribution in [1.82, 2.24) is 0 Å². The van der Waals surface area contributed by atoms with Crippen molar-refractivity contribution in [1.29, 1.82) is 5.26 Å². The summed E-state index contributed by atoms with van der Waals surface area (Å²) in [6, 6.07) is 8.24. The molecule has 0 heterocycles. The van der Waals surface area contributed by atoms with E-state index in [0.717, 1.165) is 11.1 Å². The average molecular weight is 561 g/mol. The maximum Gasteiger partial charge on any atom is 0.310 e. The zero-order chi connectivity index (χ0) is 28.3. The molecule has 0 aromatic heterocycles. The van der Waals surface area contributed by atoms with Gasteiger partial charge in [-0.3, -0.25) is 19.9 Å². The Balaban J connectivity index is 1.54. The van der Waals surface area contributed by atoms with Crippen molar-refractivity contribution < 1.29 is 33.4 Å². The van der Waals surface area contributed by atoms with E-state index in [1.54, 1.807) is 37.3 Å². The molecule has 1 unspecified atom stereocenters. The molecule has 10 heteroatoms. The number of nitriles is 1. The van der Waals surface area contributed by atoms with E-state index in [4.69, 9.17) is 21.6 Å². The van der Waals surface area contributed by atoms with Crippen LogP contribution >= 0.6 is 11.6 Å². The van der Waals surface area contributed by atoms with E-state index in [-0.39, 0.29) is 31.4 Å². The monoisotopic (exact) mass is 560 g/mol. The molecule has 3 saturated carbocycles. The number of carbonyl (C=O) groups excluding carboxylic acids is 2. The number of aliphatic hydroxyl groups excluding tert-OH is 1. The van der Waals surface area contributed by atoms with Gasteiger partial charge < -0.3 is 9.84 Å². The number of alkyl halides is 2. The Morgan fingerprint density at radius 2 is 1.95 bits per heavy atom. The van der Waals surface area contributed by atoms with Crippen LogP contribution in [0, 0.1) is 45.8 Å². The number of carbonyl (C=O) groups is 2. The molecule has 0 bridgehead atoms. The first kappa shape index (κ1) is 27.8. The first-order valence-corrected chi connectivity index (χ1v) is 13.5. The molecular formula is C29H31ClF2N2O5. The molecule has 208 valence electrons. The minimum absolute atomic E-state index is 0.0159. The summed E-state index contributed by atoms with van der Waals surface area (Å²) in [4.78, 5) is 25.4. The third-order valence-corrected chi connectivity index (χ3v) is 10.1. The highest BCUT2D eigenvalue weighted by atomic mass is 35.5. The number of fused-ring (bicyclic) bond motifs is 5. The van der Waals surface area contributed by atoms with Crippen LogP contribution in [0.2, 0.25) is 5.02 Å². The zero-order valence-corrected chi connectivity index (χ0v) is 22.4. The van der Waals surface area contributed by atoms with Crippen LogP contribution in [0.1, 0.15) is 33.1 Å². The number of halogens is 3. The fourth-order valence-electron chi connectivity index (χ4n) is 8.16. The largest absolute Gasteiger partial charge is 0.450 e. The second-order valence-corrected chi connectivity index (χ2v) is 12.2. The maximum absolute atomic E-state index is 17.4. The third kappa shape index (κ3) is 4.11. The number of aliphatic hydroxyl groups is 1. The molecule has 1 aromatic rings. The van der Waals surface area contributed by atoms with Crippen molar-refractivity contribution in [2.45, 2.75) is 51.1 Å². The van der Waals surface area contributed by atoms with Gasteiger partial charge in [-0.15, -0.1) is 0 Å². The van der Waals surface area contributed by atoms with Crippen LogP contribution in [0.3, 0.4) is 0 Å². The summed E-state index contributed by atoms with van der Waals surface area (Å²) in [6.45, 7) is 2.81. The molecule has 0 radical (unpaired) electrons. The maximum atomic E-state index is 17.4. The number of allylic oxidation sites excluding steroid dienone is 4. The van der Waals surface area contributed by atoms with Gasteiger partial charge >= 0.3 is 5.97 Å². The van der Waals surface area contributed by atoms with Gasteiger partial charge in [0, 0.05) is 22.9 Å². The third-order valence-electron chi connectivity index (χ3n) is 9.87. The lowest BCUT2D eigenvalue weighted by Gasteiger charge is -2.62. The molecule has 3 fully saturated rings. The highest BCUT2D eigenvalue weighted by Gasteiger charge is 2.73. The Morgan fingerprint density at radius 3 is 2.62 bits per heavy atom. The molecule has 0 saturated heterocycles. The van der Waals surface area contributed by atoms with E-state index >= 15 is 8.78 Å². The smallest absolute Gasteiger partial charge is 0.310 e. The number of ketones is 1. The SMILES string of the molecule is C[C@]12C[C@H](O)[C@@]3(F)[C@@H](C[C@H](F)C4=CC(=O)C=C[C@@]43C)C1C[C@@H](CN(O)c1ccc(Cl)cc1)[C@@H]2C(=O)OCC#N. The number of rotatable bonds is 5. The van der Waals surface area contributed by atoms with Crippen LogP contribution in [0.5, 0.6) is 0 Å². The van der Waals surface area contributed by atoms with Crippen LogP contribution in [-0.2, 0) is 14.3 Å². The van der Waals surface area contributed by atoms with E-state index in [1.165, 1.54) is 19.1 Å². The zero-order valence-electron chi connectivity index (χ0n) is 21.7. The van der Waals surface area contributed by atoms with Crippen molar-refractivity contribution in [2.24, 2.45) is 34.5 Å². The first-order valence-electron chi connectivity index (χ1n) is 13.1. The molecule has 5 rings (SSSR count). The van der Waals surface area contributed by atoms with Gasteiger partial charge in [0.1, 0.15) is 12.2 Å². The van der Waals surface area contributed by atoms with Crippen molar-refractivity contribution in [3.05, 3.63) is 53.1 Å². The van der Waals surface area contributed by atoms with Gasteiger partial charge in [-0.1, -0.05) is 24.6 Å². The highest BCUT2D eigenvalue weighted by molar-refractivity contribution is 6.30. The lowest BCUT2D eigenvalue weighted by atomic mass is 9.45. The number of hydrogen-bond donors (Lipinski definition) is 2.